The first-order valence-corrected chi connectivity index (χ1v) is 7.46. The Labute approximate surface area is 109 Å². The van der Waals surface area contributed by atoms with Crippen LogP contribution in [0.1, 0.15) is 13.3 Å². The van der Waals surface area contributed by atoms with Crippen LogP contribution in [0.3, 0.4) is 0 Å². The summed E-state index contributed by atoms with van der Waals surface area (Å²) in [7, 11) is -1.10. The highest BCUT2D eigenvalue weighted by atomic mass is 32.2. The predicted octanol–water partition coefficient (Wildman–Crippen LogP) is 4.26. The van der Waals surface area contributed by atoms with Crippen LogP contribution < -0.4 is 0 Å². The Balaban J connectivity index is 2.49. The van der Waals surface area contributed by atoms with Gasteiger partial charge in [0.1, 0.15) is 0 Å². The van der Waals surface area contributed by atoms with Gasteiger partial charge in [-0.1, -0.05) is 55.6 Å². The van der Waals surface area contributed by atoms with Crippen molar-refractivity contribution in [2.24, 2.45) is 0 Å². The number of benzene rings is 1. The minimum atomic E-state index is -1.10. The zero-order valence-electron chi connectivity index (χ0n) is 9.68. The van der Waals surface area contributed by atoms with Gasteiger partial charge in [0.05, 0.1) is 20.6 Å². The van der Waals surface area contributed by atoms with E-state index in [9.17, 15) is 4.21 Å². The number of hydrogen-bond donors (Lipinski definition) is 0. The molecule has 1 aliphatic rings. The molecule has 17 heavy (non-hydrogen) atoms. The molecule has 1 unspecified atom stereocenters. The molecule has 0 amide bonds. The van der Waals surface area contributed by atoms with E-state index in [0.717, 1.165) is 26.0 Å². The fraction of sp³-hybridized carbons (Fsp3) is 0.143. The number of fused-ring (bicyclic) bond motifs is 1. The summed E-state index contributed by atoms with van der Waals surface area (Å²) in [5.41, 5.74) is 0. The summed E-state index contributed by atoms with van der Waals surface area (Å²) in [5.74, 6) is 0. The molecule has 88 valence electrons. The molecule has 0 saturated carbocycles. The third kappa shape index (κ3) is 2.45. The van der Waals surface area contributed by atoms with Gasteiger partial charge in [-0.05, 0) is 18.6 Å². The van der Waals surface area contributed by atoms with Crippen molar-refractivity contribution in [3.63, 3.8) is 0 Å². The molecule has 1 aliphatic heterocycles. The van der Waals surface area contributed by atoms with Crippen LogP contribution in [0.25, 0.3) is 0 Å². The van der Waals surface area contributed by atoms with E-state index in [0.29, 0.717) is 0 Å². The monoisotopic (exact) mass is 262 g/mol. The summed E-state index contributed by atoms with van der Waals surface area (Å²) in [6, 6.07) is 7.83. The topological polar surface area (TPSA) is 17.1 Å². The van der Waals surface area contributed by atoms with Gasteiger partial charge in [0.25, 0.3) is 0 Å². The lowest BCUT2D eigenvalue weighted by Crippen LogP contribution is -2.02. The van der Waals surface area contributed by atoms with Gasteiger partial charge < -0.3 is 0 Å². The van der Waals surface area contributed by atoms with Crippen molar-refractivity contribution in [1.29, 1.82) is 0 Å². The fourth-order valence-corrected chi connectivity index (χ4v) is 4.28. The number of rotatable bonds is 3. The van der Waals surface area contributed by atoms with E-state index < -0.39 is 10.8 Å². The van der Waals surface area contributed by atoms with Crippen LogP contribution in [0.4, 0.5) is 0 Å². The van der Waals surface area contributed by atoms with Crippen molar-refractivity contribution in [2.45, 2.75) is 23.1 Å². The van der Waals surface area contributed by atoms with Gasteiger partial charge >= 0.3 is 0 Å². The molecule has 0 aromatic heterocycles. The Morgan fingerprint density at radius 2 is 2.18 bits per heavy atom. The van der Waals surface area contributed by atoms with E-state index in [-0.39, 0.29) is 0 Å². The summed E-state index contributed by atoms with van der Waals surface area (Å²) in [4.78, 5) is 3.82. The van der Waals surface area contributed by atoms with Crippen molar-refractivity contribution < 1.29 is 4.21 Å². The van der Waals surface area contributed by atoms with Crippen molar-refractivity contribution in [2.75, 3.05) is 0 Å². The average molecular weight is 262 g/mol. The molecule has 1 aromatic rings. The van der Waals surface area contributed by atoms with E-state index in [4.69, 9.17) is 0 Å². The Morgan fingerprint density at radius 3 is 2.88 bits per heavy atom. The number of thioether (sulfide) groups is 1. The van der Waals surface area contributed by atoms with Crippen LogP contribution in [-0.4, -0.2) is 4.21 Å². The molecule has 0 N–H and O–H groups in total. The lowest BCUT2D eigenvalue weighted by molar-refractivity contribution is 0.685. The number of allylic oxidation sites excluding steroid dienone is 3. The highest BCUT2D eigenvalue weighted by Gasteiger charge is 2.21. The van der Waals surface area contributed by atoms with E-state index in [1.165, 1.54) is 0 Å². The molecule has 0 spiro atoms. The highest BCUT2D eigenvalue weighted by molar-refractivity contribution is 8.05. The van der Waals surface area contributed by atoms with Gasteiger partial charge in [-0.15, -0.1) is 0 Å². The average Bonchev–Trinajstić information content (AvgIpc) is 2.36. The third-order valence-electron chi connectivity index (χ3n) is 2.40. The van der Waals surface area contributed by atoms with Crippen LogP contribution in [-0.2, 0) is 10.8 Å². The summed E-state index contributed by atoms with van der Waals surface area (Å²) in [6.07, 6.45) is 6.80. The van der Waals surface area contributed by atoms with Crippen molar-refractivity contribution in [1.82, 2.24) is 0 Å². The SMILES string of the molecule is C=CC1=C(/C=C\CC)Sc2ccccc2S1=O. The van der Waals surface area contributed by atoms with Crippen molar-refractivity contribution >= 4 is 22.6 Å². The quantitative estimate of drug-likeness (QED) is 0.809. The Morgan fingerprint density at radius 1 is 1.41 bits per heavy atom. The maximum Gasteiger partial charge on any atom is 0.0872 e. The van der Waals surface area contributed by atoms with Gasteiger partial charge in [0.2, 0.25) is 0 Å². The minimum absolute atomic E-state index is 0.818. The molecule has 0 radical (unpaired) electrons. The lowest BCUT2D eigenvalue weighted by atomic mass is 10.3. The van der Waals surface area contributed by atoms with E-state index in [2.05, 4.69) is 19.6 Å². The smallest absolute Gasteiger partial charge is 0.0872 e. The molecule has 1 aromatic carbocycles. The maximum absolute atomic E-state index is 12.4. The first-order chi connectivity index (χ1) is 8.27. The Bertz CT molecular complexity index is 527. The Hall–Kier alpha value is -1.06. The second-order valence-electron chi connectivity index (χ2n) is 3.56. The van der Waals surface area contributed by atoms with Gasteiger partial charge in [-0.3, -0.25) is 0 Å². The molecule has 0 aliphatic carbocycles. The largest absolute Gasteiger partial charge is 0.249 e. The van der Waals surface area contributed by atoms with Crippen molar-refractivity contribution in [3.8, 4) is 0 Å². The van der Waals surface area contributed by atoms with Crippen LogP contribution >= 0.6 is 11.8 Å². The zero-order valence-corrected chi connectivity index (χ0v) is 11.3. The fourth-order valence-electron chi connectivity index (χ4n) is 1.58. The van der Waals surface area contributed by atoms with E-state index >= 15 is 0 Å². The molecule has 2 rings (SSSR count). The minimum Gasteiger partial charge on any atom is -0.249 e. The van der Waals surface area contributed by atoms with E-state index in [1.54, 1.807) is 17.8 Å². The second-order valence-corrected chi connectivity index (χ2v) is 6.06. The standard InChI is InChI=1S/C14H14OS2/c1-3-5-8-11-13(4-2)17(15)14-10-7-6-9-12(14)16-11/h4-10H,2-3H2,1H3/b8-5-. The number of hydrogen-bond acceptors (Lipinski definition) is 2. The summed E-state index contributed by atoms with van der Waals surface area (Å²) >= 11 is 1.66. The van der Waals surface area contributed by atoms with Gasteiger partial charge in [0.15, 0.2) is 0 Å². The molecule has 1 heterocycles. The first-order valence-electron chi connectivity index (χ1n) is 5.49. The van der Waals surface area contributed by atoms with Gasteiger partial charge in [-0.2, -0.15) is 0 Å². The van der Waals surface area contributed by atoms with Crippen LogP contribution in [0.15, 0.2) is 68.7 Å². The van der Waals surface area contributed by atoms with Crippen LogP contribution in [0, 0.1) is 0 Å². The first kappa shape index (κ1) is 12.4. The summed E-state index contributed by atoms with van der Waals surface area (Å²) < 4.78 is 12.4. The van der Waals surface area contributed by atoms with Crippen molar-refractivity contribution in [3.05, 3.63) is 58.9 Å². The summed E-state index contributed by atoms with van der Waals surface area (Å²) in [5, 5.41) is 0. The molecular formula is C14H14OS2. The Kier molecular flexibility index (Phi) is 4.02. The predicted molar refractivity (Wildman–Crippen MR) is 75.4 cm³/mol. The normalized spacial score (nSPS) is 19.5. The second kappa shape index (κ2) is 5.52. The molecule has 1 nitrogen and oxygen atoms in total. The van der Waals surface area contributed by atoms with Crippen LogP contribution in [0.2, 0.25) is 0 Å². The lowest BCUT2D eigenvalue weighted by Gasteiger charge is -2.17. The maximum atomic E-state index is 12.4. The molecule has 1 atom stereocenters. The van der Waals surface area contributed by atoms with Crippen LogP contribution in [0.5, 0.6) is 0 Å². The molecule has 0 saturated heterocycles. The molecule has 0 fully saturated rings. The zero-order chi connectivity index (χ0) is 12.3. The molecule has 0 bridgehead atoms. The summed E-state index contributed by atoms with van der Waals surface area (Å²) in [6.45, 7) is 5.85. The van der Waals surface area contributed by atoms with Gasteiger partial charge in [0, 0.05) is 9.80 Å². The highest BCUT2D eigenvalue weighted by Crippen LogP contribution is 2.41. The van der Waals surface area contributed by atoms with Gasteiger partial charge in [-0.25, -0.2) is 4.21 Å². The molecule has 3 heteroatoms. The van der Waals surface area contributed by atoms with E-state index in [1.807, 2.05) is 30.3 Å². The molecular weight excluding hydrogens is 248 g/mol. The third-order valence-corrected chi connectivity index (χ3v) is 5.35.